The summed E-state index contributed by atoms with van der Waals surface area (Å²) in [5.41, 5.74) is 0. The van der Waals surface area contributed by atoms with E-state index in [1.165, 1.54) is 0 Å². The second kappa shape index (κ2) is 4.19. The lowest BCUT2D eigenvalue weighted by Crippen LogP contribution is -2.14. The lowest BCUT2D eigenvalue weighted by atomic mass is 10.5. The molecule has 0 aromatic carbocycles. The molecule has 0 spiro atoms. The van der Waals surface area contributed by atoms with Crippen molar-refractivity contribution in [2.75, 3.05) is 38.9 Å². The van der Waals surface area contributed by atoms with E-state index < -0.39 is 10.4 Å². The summed E-state index contributed by atoms with van der Waals surface area (Å²) < 4.78 is 12.9. The Bertz CT molecular complexity index is 88.1. The summed E-state index contributed by atoms with van der Waals surface area (Å²) in [7, 11) is 2.28. The summed E-state index contributed by atoms with van der Waals surface area (Å²) in [6.07, 6.45) is 4.40. The predicted molar refractivity (Wildman–Crippen MR) is 48.6 cm³/mol. The second-order valence-electron chi connectivity index (χ2n) is 3.26. The van der Waals surface area contributed by atoms with E-state index in [0.29, 0.717) is 0 Å². The van der Waals surface area contributed by atoms with Crippen LogP contribution in [0.25, 0.3) is 0 Å². The molecule has 0 aromatic heterocycles. The molecule has 0 fully saturated rings. The summed E-state index contributed by atoms with van der Waals surface area (Å²) in [6, 6.07) is 0. The maximum atomic E-state index is 12.9. The molecule has 0 saturated carbocycles. The molecule has 0 bridgehead atoms. The van der Waals surface area contributed by atoms with Crippen molar-refractivity contribution in [2.24, 2.45) is 0 Å². The van der Waals surface area contributed by atoms with E-state index in [0.717, 1.165) is 18.7 Å². The molecule has 0 aliphatic rings. The topological polar surface area (TPSA) is 3.24 Å². The highest BCUT2D eigenvalue weighted by atomic mass is 32.3. The number of hydrogen-bond acceptors (Lipinski definition) is 1. The van der Waals surface area contributed by atoms with E-state index in [1.807, 2.05) is 14.1 Å². The zero-order chi connectivity index (χ0) is 8.20. The lowest BCUT2D eigenvalue weighted by Gasteiger charge is -2.20. The lowest BCUT2D eigenvalue weighted by molar-refractivity contribution is 0.409. The van der Waals surface area contributed by atoms with Crippen molar-refractivity contribution in [3.8, 4) is 0 Å². The van der Waals surface area contributed by atoms with Crippen LogP contribution in [-0.4, -0.2) is 43.8 Å². The molecule has 0 atom stereocenters. The van der Waals surface area contributed by atoms with Crippen LogP contribution in [0.2, 0.25) is 0 Å². The van der Waals surface area contributed by atoms with Gasteiger partial charge in [-0.15, -0.1) is 0 Å². The first-order valence-electron chi connectivity index (χ1n) is 3.47. The first kappa shape index (κ1) is 10.2. The normalized spacial score (nSPS) is 14.2. The van der Waals surface area contributed by atoms with Crippen LogP contribution in [0, 0.1) is 0 Å². The smallest absolute Gasteiger partial charge is 0.00426 e. The first-order valence-corrected chi connectivity index (χ1v) is 5.99. The molecule has 0 radical (unpaired) electrons. The third-order valence-corrected chi connectivity index (χ3v) is 2.49. The Labute approximate surface area is 65.2 Å². The zero-order valence-electron chi connectivity index (χ0n) is 7.35. The van der Waals surface area contributed by atoms with Gasteiger partial charge in [0.25, 0.3) is 0 Å². The maximum absolute atomic E-state index is 12.9. The predicted octanol–water partition coefficient (Wildman–Crippen LogP) is 1.89. The van der Waals surface area contributed by atoms with Crippen LogP contribution in [0.4, 0.5) is 3.89 Å². The number of rotatable bonds is 4. The summed E-state index contributed by atoms with van der Waals surface area (Å²) in [6.45, 7) is 1.00. The van der Waals surface area contributed by atoms with Gasteiger partial charge in [0, 0.05) is 5.75 Å². The second-order valence-corrected chi connectivity index (χ2v) is 6.48. The van der Waals surface area contributed by atoms with Gasteiger partial charge < -0.3 is 4.90 Å². The highest BCUT2D eigenvalue weighted by molar-refractivity contribution is 8.28. The molecule has 0 aliphatic heterocycles. The van der Waals surface area contributed by atoms with E-state index >= 15 is 0 Å². The van der Waals surface area contributed by atoms with Crippen LogP contribution in [0.15, 0.2) is 0 Å². The van der Waals surface area contributed by atoms with E-state index in [2.05, 4.69) is 4.90 Å². The molecule has 0 saturated heterocycles. The van der Waals surface area contributed by atoms with Crippen molar-refractivity contribution < 1.29 is 3.89 Å². The molecule has 0 rings (SSSR count). The summed E-state index contributed by atoms with van der Waals surface area (Å²) in [5.74, 6) is 0.741. The van der Waals surface area contributed by atoms with Crippen LogP contribution < -0.4 is 0 Å². The van der Waals surface area contributed by atoms with Crippen molar-refractivity contribution >= 4 is 10.4 Å². The van der Waals surface area contributed by atoms with E-state index in [4.69, 9.17) is 0 Å². The van der Waals surface area contributed by atoms with Crippen LogP contribution >= 0.6 is 10.4 Å². The fraction of sp³-hybridized carbons (Fsp3) is 1.00. The van der Waals surface area contributed by atoms with E-state index in [1.54, 1.807) is 12.5 Å². The molecule has 10 heavy (non-hydrogen) atoms. The van der Waals surface area contributed by atoms with Gasteiger partial charge in [-0.05, 0) is 39.6 Å². The van der Waals surface area contributed by atoms with E-state index in [-0.39, 0.29) is 0 Å². The Kier molecular flexibility index (Phi) is 4.29. The zero-order valence-corrected chi connectivity index (χ0v) is 8.17. The summed E-state index contributed by atoms with van der Waals surface area (Å²) in [5, 5.41) is 0. The van der Waals surface area contributed by atoms with Gasteiger partial charge in [-0.1, -0.05) is 10.4 Å². The molecule has 0 heterocycles. The minimum absolute atomic E-state index is 0.741. The summed E-state index contributed by atoms with van der Waals surface area (Å²) >= 11 is 0. The fourth-order valence-corrected chi connectivity index (χ4v) is 1.54. The molecule has 0 N–H and O–H groups in total. The average Bonchev–Trinajstić information content (AvgIpc) is 1.59. The van der Waals surface area contributed by atoms with Crippen LogP contribution in [0.3, 0.4) is 0 Å². The van der Waals surface area contributed by atoms with Gasteiger partial charge in [0.05, 0.1) is 0 Å². The Morgan fingerprint density at radius 2 is 1.80 bits per heavy atom. The number of hydrogen-bond donors (Lipinski definition) is 0. The number of nitrogens with zero attached hydrogens (tertiary/aromatic N) is 1. The fourth-order valence-electron chi connectivity index (χ4n) is 0.724. The van der Waals surface area contributed by atoms with Gasteiger partial charge in [-0.2, -0.15) is 3.89 Å². The third kappa shape index (κ3) is 8.24. The molecule has 0 aromatic rings. The Morgan fingerprint density at radius 3 is 2.10 bits per heavy atom. The van der Waals surface area contributed by atoms with Crippen LogP contribution in [0.1, 0.15) is 6.42 Å². The monoisotopic (exact) mass is 167 g/mol. The quantitative estimate of drug-likeness (QED) is 0.618. The average molecular weight is 167 g/mol. The Hall–Kier alpha value is 0.240. The van der Waals surface area contributed by atoms with Gasteiger partial charge in [0.1, 0.15) is 0 Å². The van der Waals surface area contributed by atoms with Crippen LogP contribution in [-0.2, 0) is 0 Å². The molecule has 0 aliphatic carbocycles. The molecule has 64 valence electrons. The largest absolute Gasteiger partial charge is 0.309 e. The van der Waals surface area contributed by atoms with Gasteiger partial charge in [0.15, 0.2) is 0 Å². The van der Waals surface area contributed by atoms with Crippen molar-refractivity contribution in [3.63, 3.8) is 0 Å². The number of halogens is 1. The molecule has 0 unspecified atom stereocenters. The first-order chi connectivity index (χ1) is 4.42. The minimum atomic E-state index is -1.75. The van der Waals surface area contributed by atoms with Crippen molar-refractivity contribution in [1.29, 1.82) is 0 Å². The third-order valence-electron chi connectivity index (χ3n) is 1.24. The van der Waals surface area contributed by atoms with Gasteiger partial charge in [-0.25, -0.2) is 0 Å². The maximum Gasteiger partial charge on any atom is 0.00426 e. The molecule has 1 nitrogen and oxygen atoms in total. The van der Waals surface area contributed by atoms with Crippen molar-refractivity contribution in [3.05, 3.63) is 0 Å². The molecule has 3 heteroatoms. The van der Waals surface area contributed by atoms with Gasteiger partial charge >= 0.3 is 0 Å². The SMILES string of the molecule is CN(C)CCCS(C)(C)F. The standard InChI is InChI=1S/C7H18FNS/c1-9(2)6-5-7-10(3,4)8/h5-7H2,1-4H3. The molecular formula is C7H18FNS. The molecular weight excluding hydrogens is 149 g/mol. The highest BCUT2D eigenvalue weighted by Gasteiger charge is 2.07. The minimum Gasteiger partial charge on any atom is -0.309 e. The van der Waals surface area contributed by atoms with Crippen molar-refractivity contribution in [1.82, 2.24) is 4.90 Å². The van der Waals surface area contributed by atoms with E-state index in [9.17, 15) is 3.89 Å². The van der Waals surface area contributed by atoms with Gasteiger partial charge in [-0.3, -0.25) is 0 Å². The molecule has 0 amide bonds. The van der Waals surface area contributed by atoms with Crippen molar-refractivity contribution in [2.45, 2.75) is 6.42 Å². The van der Waals surface area contributed by atoms with Crippen LogP contribution in [0.5, 0.6) is 0 Å². The van der Waals surface area contributed by atoms with Gasteiger partial charge in [0.2, 0.25) is 0 Å². The Balaban J connectivity index is 3.21. The highest BCUT2D eigenvalue weighted by Crippen LogP contribution is 2.41. The summed E-state index contributed by atoms with van der Waals surface area (Å²) in [4.78, 5) is 2.09. The Morgan fingerprint density at radius 1 is 1.30 bits per heavy atom.